The lowest BCUT2D eigenvalue weighted by Crippen LogP contribution is -2.31. The number of nitrogens with one attached hydrogen (secondary N) is 1. The average Bonchev–Trinajstić information content (AvgIpc) is 3.33. The second-order valence-corrected chi connectivity index (χ2v) is 8.59. The first-order valence-corrected chi connectivity index (χ1v) is 10.9. The number of anilines is 1. The number of ether oxygens (including phenoxy) is 1. The van der Waals surface area contributed by atoms with Crippen LogP contribution in [0, 0.1) is 0 Å². The molecular formula is C23H25ClN6O. The van der Waals surface area contributed by atoms with Crippen molar-refractivity contribution in [2.45, 2.75) is 37.8 Å². The number of halogens is 1. The summed E-state index contributed by atoms with van der Waals surface area (Å²) in [4.78, 5) is 4.67. The lowest BCUT2D eigenvalue weighted by Gasteiger charge is -2.29. The molecule has 1 aliphatic rings. The van der Waals surface area contributed by atoms with Gasteiger partial charge in [-0.05, 0) is 43.9 Å². The Balaban J connectivity index is 1.25. The molecule has 8 heteroatoms. The van der Waals surface area contributed by atoms with Crippen molar-refractivity contribution in [3.05, 3.63) is 53.9 Å². The maximum absolute atomic E-state index is 6.11. The molecule has 1 N–H and O–H groups in total. The number of hydrogen-bond donors (Lipinski definition) is 1. The van der Waals surface area contributed by atoms with Gasteiger partial charge in [-0.25, -0.2) is 4.98 Å². The van der Waals surface area contributed by atoms with Crippen LogP contribution < -0.4 is 10.1 Å². The van der Waals surface area contributed by atoms with E-state index in [0.717, 1.165) is 59.4 Å². The van der Waals surface area contributed by atoms with Crippen LogP contribution >= 0.6 is 11.6 Å². The van der Waals surface area contributed by atoms with Crippen molar-refractivity contribution in [2.75, 3.05) is 5.32 Å². The van der Waals surface area contributed by atoms with E-state index < -0.39 is 0 Å². The van der Waals surface area contributed by atoms with Gasteiger partial charge in [-0.3, -0.25) is 9.36 Å². The number of aryl methyl sites for hydroxylation is 2. The first-order valence-electron chi connectivity index (χ1n) is 10.6. The summed E-state index contributed by atoms with van der Waals surface area (Å²) in [6.07, 6.45) is 10.0. The average molecular weight is 437 g/mol. The third-order valence-corrected chi connectivity index (χ3v) is 6.07. The fourth-order valence-electron chi connectivity index (χ4n) is 4.26. The van der Waals surface area contributed by atoms with E-state index in [0.29, 0.717) is 11.1 Å². The second-order valence-electron chi connectivity index (χ2n) is 8.15. The van der Waals surface area contributed by atoms with E-state index in [4.69, 9.17) is 16.3 Å². The zero-order chi connectivity index (χ0) is 21.4. The Morgan fingerprint density at radius 2 is 1.94 bits per heavy atom. The number of aromatic nitrogens is 5. The molecule has 0 aliphatic heterocycles. The van der Waals surface area contributed by atoms with E-state index in [1.807, 2.05) is 61.6 Å². The SMILES string of the molecule is Cn1cc(-c2nn(C)c3cc(NC4CCC(Oc5cccc(Cl)c5)CC4)ncc23)cn1. The predicted octanol–water partition coefficient (Wildman–Crippen LogP) is 4.82. The Kier molecular flexibility index (Phi) is 5.28. The molecule has 4 aromatic rings. The van der Waals surface area contributed by atoms with Crippen molar-refractivity contribution >= 4 is 28.3 Å². The minimum atomic E-state index is 0.228. The van der Waals surface area contributed by atoms with Crippen LogP contribution in [0.2, 0.25) is 5.02 Å². The number of hydrogen-bond acceptors (Lipinski definition) is 5. The molecule has 0 amide bonds. The molecule has 3 heterocycles. The van der Waals surface area contributed by atoms with Gasteiger partial charge in [-0.1, -0.05) is 17.7 Å². The van der Waals surface area contributed by atoms with Crippen molar-refractivity contribution in [3.8, 4) is 17.0 Å². The lowest BCUT2D eigenvalue weighted by molar-refractivity contribution is 0.150. The Labute approximate surface area is 186 Å². The summed E-state index contributed by atoms with van der Waals surface area (Å²) in [6, 6.07) is 10.1. The molecular weight excluding hydrogens is 412 g/mol. The molecule has 160 valence electrons. The molecule has 0 spiro atoms. The quantitative estimate of drug-likeness (QED) is 0.485. The van der Waals surface area contributed by atoms with E-state index in [-0.39, 0.29) is 6.10 Å². The summed E-state index contributed by atoms with van der Waals surface area (Å²) >= 11 is 6.06. The molecule has 1 aliphatic carbocycles. The summed E-state index contributed by atoms with van der Waals surface area (Å²) in [7, 11) is 3.87. The molecule has 0 radical (unpaired) electrons. The highest BCUT2D eigenvalue weighted by molar-refractivity contribution is 6.30. The maximum Gasteiger partial charge on any atom is 0.128 e. The van der Waals surface area contributed by atoms with Crippen LogP contribution in [0.4, 0.5) is 5.82 Å². The van der Waals surface area contributed by atoms with Gasteiger partial charge in [0.25, 0.3) is 0 Å². The first kappa shape index (κ1) is 19.9. The van der Waals surface area contributed by atoms with Gasteiger partial charge in [0.05, 0.1) is 17.8 Å². The van der Waals surface area contributed by atoms with Crippen molar-refractivity contribution in [1.82, 2.24) is 24.5 Å². The standard InChI is InChI=1S/C23H25ClN6O/c1-29-14-15(12-26-29)23-20-13-25-22(11-21(20)30(2)28-23)27-17-6-8-18(9-7-17)31-19-5-3-4-16(24)10-19/h3-5,10-14,17-18H,6-9H2,1-2H3,(H,25,27). The van der Waals surface area contributed by atoms with Crippen LogP contribution in [0.3, 0.4) is 0 Å². The van der Waals surface area contributed by atoms with Gasteiger partial charge >= 0.3 is 0 Å². The summed E-state index contributed by atoms with van der Waals surface area (Å²) in [5, 5.41) is 14.3. The topological polar surface area (TPSA) is 69.8 Å². The number of pyridine rings is 1. The van der Waals surface area contributed by atoms with Crippen LogP contribution in [-0.2, 0) is 14.1 Å². The van der Waals surface area contributed by atoms with E-state index in [9.17, 15) is 0 Å². The zero-order valence-corrected chi connectivity index (χ0v) is 18.4. The highest BCUT2D eigenvalue weighted by atomic mass is 35.5. The summed E-state index contributed by atoms with van der Waals surface area (Å²) in [5.41, 5.74) is 2.95. The molecule has 31 heavy (non-hydrogen) atoms. The molecule has 5 rings (SSSR count). The lowest BCUT2D eigenvalue weighted by atomic mass is 9.93. The van der Waals surface area contributed by atoms with E-state index in [2.05, 4.69) is 26.6 Å². The van der Waals surface area contributed by atoms with Crippen LogP contribution in [0.25, 0.3) is 22.2 Å². The van der Waals surface area contributed by atoms with E-state index in [1.165, 1.54) is 0 Å². The van der Waals surface area contributed by atoms with E-state index in [1.54, 1.807) is 4.68 Å². The van der Waals surface area contributed by atoms with E-state index >= 15 is 0 Å². The van der Waals surface area contributed by atoms with Gasteiger partial charge in [-0.2, -0.15) is 10.2 Å². The number of nitrogens with zero attached hydrogens (tertiary/aromatic N) is 5. The smallest absolute Gasteiger partial charge is 0.128 e. The van der Waals surface area contributed by atoms with Crippen molar-refractivity contribution < 1.29 is 4.74 Å². The molecule has 1 saturated carbocycles. The molecule has 3 aromatic heterocycles. The number of rotatable bonds is 5. The minimum absolute atomic E-state index is 0.228. The van der Waals surface area contributed by atoms with Crippen LogP contribution in [0.5, 0.6) is 5.75 Å². The van der Waals surface area contributed by atoms with Crippen molar-refractivity contribution in [2.24, 2.45) is 14.1 Å². The fourth-order valence-corrected chi connectivity index (χ4v) is 4.44. The third kappa shape index (κ3) is 4.23. The predicted molar refractivity (Wildman–Crippen MR) is 122 cm³/mol. The van der Waals surface area contributed by atoms with Gasteiger partial charge in [0.1, 0.15) is 17.3 Å². The Bertz CT molecular complexity index is 1210. The highest BCUT2D eigenvalue weighted by Crippen LogP contribution is 2.30. The van der Waals surface area contributed by atoms with Crippen LogP contribution in [0.1, 0.15) is 25.7 Å². The molecule has 0 bridgehead atoms. The summed E-state index contributed by atoms with van der Waals surface area (Å²) < 4.78 is 9.79. The van der Waals surface area contributed by atoms with Crippen LogP contribution in [-0.4, -0.2) is 36.7 Å². The molecule has 0 saturated heterocycles. The second kappa shape index (κ2) is 8.23. The number of benzene rings is 1. The molecule has 1 fully saturated rings. The molecule has 0 atom stereocenters. The van der Waals surface area contributed by atoms with Crippen molar-refractivity contribution in [3.63, 3.8) is 0 Å². The third-order valence-electron chi connectivity index (χ3n) is 5.84. The largest absolute Gasteiger partial charge is 0.490 e. The van der Waals surface area contributed by atoms with Gasteiger partial charge in [0.15, 0.2) is 0 Å². The molecule has 1 aromatic carbocycles. The normalized spacial score (nSPS) is 18.9. The Morgan fingerprint density at radius 3 is 2.68 bits per heavy atom. The van der Waals surface area contributed by atoms with Crippen LogP contribution in [0.15, 0.2) is 48.9 Å². The van der Waals surface area contributed by atoms with Gasteiger partial charge in [0, 0.05) is 54.6 Å². The first-order chi connectivity index (χ1) is 15.0. The summed E-state index contributed by atoms with van der Waals surface area (Å²) in [5.74, 6) is 1.73. The Hall–Kier alpha value is -3.06. The molecule has 0 unspecified atom stereocenters. The van der Waals surface area contributed by atoms with Gasteiger partial charge in [0.2, 0.25) is 0 Å². The minimum Gasteiger partial charge on any atom is -0.490 e. The van der Waals surface area contributed by atoms with Gasteiger partial charge < -0.3 is 10.1 Å². The Morgan fingerprint density at radius 1 is 1.10 bits per heavy atom. The maximum atomic E-state index is 6.11. The monoisotopic (exact) mass is 436 g/mol. The number of fused-ring (bicyclic) bond motifs is 1. The highest BCUT2D eigenvalue weighted by Gasteiger charge is 2.23. The fraction of sp³-hybridized carbons (Fsp3) is 0.348. The zero-order valence-electron chi connectivity index (χ0n) is 17.6. The van der Waals surface area contributed by atoms with Crippen molar-refractivity contribution in [1.29, 1.82) is 0 Å². The molecule has 7 nitrogen and oxygen atoms in total. The van der Waals surface area contributed by atoms with Gasteiger partial charge in [-0.15, -0.1) is 0 Å². The summed E-state index contributed by atoms with van der Waals surface area (Å²) in [6.45, 7) is 0.